The Morgan fingerprint density at radius 1 is 1.42 bits per heavy atom. The second-order valence-corrected chi connectivity index (χ2v) is 4.62. The molecule has 1 nitrogen and oxygen atoms in total. The molecule has 0 aliphatic heterocycles. The lowest BCUT2D eigenvalue weighted by molar-refractivity contribution is 0.0987. The molecule has 64 valence electrons. The van der Waals surface area contributed by atoms with Gasteiger partial charge in [-0.05, 0) is 51.2 Å². The van der Waals surface area contributed by atoms with Crippen LogP contribution in [0.4, 0.5) is 0 Å². The van der Waals surface area contributed by atoms with Crippen LogP contribution in [0.3, 0.4) is 0 Å². The Bertz CT molecular complexity index is 307. The number of carbonyl (C=O) groups excluding carboxylic acids is 1. The van der Waals surface area contributed by atoms with Gasteiger partial charge in [0.2, 0.25) is 0 Å². The monoisotopic (exact) mass is 386 g/mol. The highest BCUT2D eigenvalue weighted by molar-refractivity contribution is 14.1. The van der Waals surface area contributed by atoms with E-state index in [4.69, 9.17) is 0 Å². The van der Waals surface area contributed by atoms with E-state index in [1.54, 1.807) is 0 Å². The van der Waals surface area contributed by atoms with Gasteiger partial charge in [-0.3, -0.25) is 4.79 Å². The van der Waals surface area contributed by atoms with E-state index in [-0.39, 0.29) is 5.78 Å². The Morgan fingerprint density at radius 2 is 2.08 bits per heavy atom. The van der Waals surface area contributed by atoms with Crippen LogP contribution in [-0.4, -0.2) is 5.78 Å². The minimum absolute atomic E-state index is 0.220. The first-order valence-electron chi connectivity index (χ1n) is 3.64. The summed E-state index contributed by atoms with van der Waals surface area (Å²) in [5.74, 6) is 0.220. The molecule has 0 aromatic heterocycles. The molecular formula is C9H8I2O. The zero-order valence-corrected chi connectivity index (χ0v) is 10.9. The second kappa shape index (κ2) is 4.55. The molecule has 3 heteroatoms. The molecule has 0 unspecified atom stereocenters. The smallest absolute Gasteiger partial charge is 0.163 e. The van der Waals surface area contributed by atoms with E-state index in [2.05, 4.69) is 45.2 Å². The first kappa shape index (κ1) is 10.4. The lowest BCUT2D eigenvalue weighted by Gasteiger charge is -2.02. The predicted octanol–water partition coefficient (Wildman–Crippen LogP) is 3.49. The quantitative estimate of drug-likeness (QED) is 0.562. The van der Waals surface area contributed by atoms with Crippen molar-refractivity contribution in [1.29, 1.82) is 0 Å². The number of hydrogen-bond donors (Lipinski definition) is 0. The maximum Gasteiger partial charge on any atom is 0.163 e. The normalized spacial score (nSPS) is 9.92. The van der Waals surface area contributed by atoms with Crippen molar-refractivity contribution in [1.82, 2.24) is 0 Å². The highest BCUT2D eigenvalue weighted by Gasteiger charge is 2.08. The molecule has 12 heavy (non-hydrogen) atoms. The van der Waals surface area contributed by atoms with Crippen molar-refractivity contribution in [2.75, 3.05) is 0 Å². The fraction of sp³-hybridized carbons (Fsp3) is 0.222. The number of benzene rings is 1. The first-order valence-corrected chi connectivity index (χ1v) is 5.79. The Kier molecular flexibility index (Phi) is 3.95. The summed E-state index contributed by atoms with van der Waals surface area (Å²) in [5, 5.41) is 0. The van der Waals surface area contributed by atoms with Crippen molar-refractivity contribution in [3.63, 3.8) is 0 Å². The molecule has 1 rings (SSSR count). The van der Waals surface area contributed by atoms with Crippen LogP contribution in [0.2, 0.25) is 0 Å². The van der Waals surface area contributed by atoms with Crippen LogP contribution in [0.5, 0.6) is 0 Å². The average molecular weight is 386 g/mol. The molecule has 0 atom stereocenters. The third-order valence-corrected chi connectivity index (χ3v) is 4.67. The van der Waals surface area contributed by atoms with Gasteiger partial charge in [0.05, 0.1) is 0 Å². The van der Waals surface area contributed by atoms with Gasteiger partial charge in [-0.25, -0.2) is 0 Å². The van der Waals surface area contributed by atoms with Gasteiger partial charge in [0.1, 0.15) is 0 Å². The van der Waals surface area contributed by atoms with Gasteiger partial charge >= 0.3 is 0 Å². The van der Waals surface area contributed by atoms with Crippen molar-refractivity contribution in [2.24, 2.45) is 0 Å². The lowest BCUT2D eigenvalue weighted by atomic mass is 10.1. The summed E-state index contributed by atoms with van der Waals surface area (Å²) >= 11 is 4.46. The van der Waals surface area contributed by atoms with Crippen molar-refractivity contribution in [3.8, 4) is 0 Å². The molecular weight excluding hydrogens is 378 g/mol. The van der Waals surface area contributed by atoms with Crippen LogP contribution in [0, 0.1) is 7.14 Å². The molecule has 0 saturated carbocycles. The molecule has 1 aromatic rings. The summed E-state index contributed by atoms with van der Waals surface area (Å²) in [6.45, 7) is 1.89. The summed E-state index contributed by atoms with van der Waals surface area (Å²) in [4.78, 5) is 11.4. The van der Waals surface area contributed by atoms with Crippen LogP contribution in [-0.2, 0) is 0 Å². The van der Waals surface area contributed by atoms with E-state index in [0.29, 0.717) is 6.42 Å². The number of Topliss-reactive ketones (excluding diaryl/α,β-unsaturated/α-hetero) is 1. The summed E-state index contributed by atoms with van der Waals surface area (Å²) in [7, 11) is 0. The topological polar surface area (TPSA) is 17.1 Å². The Hall–Kier alpha value is 0.350. The van der Waals surface area contributed by atoms with E-state index >= 15 is 0 Å². The van der Waals surface area contributed by atoms with Crippen LogP contribution in [0.25, 0.3) is 0 Å². The van der Waals surface area contributed by atoms with Crippen molar-refractivity contribution >= 4 is 51.0 Å². The number of ketones is 1. The van der Waals surface area contributed by atoms with Crippen molar-refractivity contribution < 1.29 is 4.79 Å². The molecule has 0 saturated heterocycles. The molecule has 0 heterocycles. The standard InChI is InChI=1S/C9H8I2O/c1-2-8(12)6-4-3-5-7(10)9(6)11/h3-5H,2H2,1H3. The van der Waals surface area contributed by atoms with Gasteiger partial charge in [-0.15, -0.1) is 0 Å². The highest BCUT2D eigenvalue weighted by atomic mass is 127. The maximum atomic E-state index is 11.4. The molecule has 0 spiro atoms. The van der Waals surface area contributed by atoms with Crippen LogP contribution < -0.4 is 0 Å². The van der Waals surface area contributed by atoms with E-state index in [1.807, 2.05) is 25.1 Å². The maximum absolute atomic E-state index is 11.4. The predicted molar refractivity (Wildman–Crippen MR) is 66.5 cm³/mol. The van der Waals surface area contributed by atoms with Crippen LogP contribution >= 0.6 is 45.2 Å². The van der Waals surface area contributed by atoms with E-state index in [9.17, 15) is 4.79 Å². The van der Waals surface area contributed by atoms with Gasteiger partial charge in [0.15, 0.2) is 5.78 Å². The van der Waals surface area contributed by atoms with Gasteiger partial charge in [-0.1, -0.05) is 19.1 Å². The SMILES string of the molecule is CCC(=O)c1cccc(I)c1I. The minimum Gasteiger partial charge on any atom is -0.294 e. The fourth-order valence-electron chi connectivity index (χ4n) is 0.910. The van der Waals surface area contributed by atoms with Gasteiger partial charge in [0.25, 0.3) is 0 Å². The summed E-state index contributed by atoms with van der Waals surface area (Å²) in [6.07, 6.45) is 0.579. The Morgan fingerprint density at radius 3 is 2.67 bits per heavy atom. The molecule has 0 fully saturated rings. The lowest BCUT2D eigenvalue weighted by Crippen LogP contribution is -2.00. The minimum atomic E-state index is 0.220. The zero-order chi connectivity index (χ0) is 9.14. The van der Waals surface area contributed by atoms with Crippen molar-refractivity contribution in [2.45, 2.75) is 13.3 Å². The molecule has 0 N–H and O–H groups in total. The van der Waals surface area contributed by atoms with Crippen LogP contribution in [0.15, 0.2) is 18.2 Å². The summed E-state index contributed by atoms with van der Waals surface area (Å²) in [6, 6.07) is 5.82. The first-order chi connectivity index (χ1) is 5.66. The highest BCUT2D eigenvalue weighted by Crippen LogP contribution is 2.20. The fourth-order valence-corrected chi connectivity index (χ4v) is 2.07. The Labute approximate surface area is 99.2 Å². The average Bonchev–Trinajstić information content (AvgIpc) is 2.08. The number of carbonyl (C=O) groups is 1. The molecule has 0 aliphatic rings. The van der Waals surface area contributed by atoms with Crippen molar-refractivity contribution in [3.05, 3.63) is 30.9 Å². The molecule has 0 bridgehead atoms. The third kappa shape index (κ3) is 2.18. The van der Waals surface area contributed by atoms with Gasteiger partial charge in [-0.2, -0.15) is 0 Å². The van der Waals surface area contributed by atoms with Gasteiger partial charge in [0, 0.05) is 19.1 Å². The largest absolute Gasteiger partial charge is 0.294 e. The van der Waals surface area contributed by atoms with E-state index in [0.717, 1.165) is 12.7 Å². The number of halogens is 2. The molecule has 0 aliphatic carbocycles. The van der Waals surface area contributed by atoms with Gasteiger partial charge < -0.3 is 0 Å². The Balaban J connectivity index is 3.16. The molecule has 1 aromatic carbocycles. The van der Waals surface area contributed by atoms with E-state index < -0.39 is 0 Å². The van der Waals surface area contributed by atoms with E-state index in [1.165, 1.54) is 0 Å². The molecule has 0 amide bonds. The molecule has 0 radical (unpaired) electrons. The second-order valence-electron chi connectivity index (χ2n) is 2.38. The zero-order valence-electron chi connectivity index (χ0n) is 6.60. The third-order valence-electron chi connectivity index (χ3n) is 1.57. The number of rotatable bonds is 2. The summed E-state index contributed by atoms with van der Waals surface area (Å²) in [5.41, 5.74) is 0.852. The summed E-state index contributed by atoms with van der Waals surface area (Å²) < 4.78 is 2.22. The van der Waals surface area contributed by atoms with Crippen LogP contribution in [0.1, 0.15) is 23.7 Å². The number of hydrogen-bond acceptors (Lipinski definition) is 1.